The Balaban J connectivity index is 2.03. The van der Waals surface area contributed by atoms with Crippen molar-refractivity contribution in [1.82, 2.24) is 4.90 Å². The second-order valence-corrected chi connectivity index (χ2v) is 5.25. The van der Waals surface area contributed by atoms with Crippen LogP contribution in [0.1, 0.15) is 25.3 Å². The van der Waals surface area contributed by atoms with Crippen LogP contribution >= 0.6 is 0 Å². The predicted octanol–water partition coefficient (Wildman–Crippen LogP) is 2.38. The maximum Gasteiger partial charge on any atom is 0.310 e. The number of hydrogen-bond donors (Lipinski definition) is 1. The molecular weight excluding hydrogens is 242 g/mol. The van der Waals surface area contributed by atoms with Gasteiger partial charge in [0, 0.05) is 13.1 Å². The van der Waals surface area contributed by atoms with E-state index < -0.39 is 11.4 Å². The zero-order valence-electron chi connectivity index (χ0n) is 11.6. The number of ether oxygens (including phenoxy) is 1. The van der Waals surface area contributed by atoms with E-state index in [4.69, 9.17) is 4.74 Å². The van der Waals surface area contributed by atoms with Gasteiger partial charge in [0.1, 0.15) is 5.75 Å². The van der Waals surface area contributed by atoms with Gasteiger partial charge in [-0.15, -0.1) is 0 Å². The van der Waals surface area contributed by atoms with E-state index in [9.17, 15) is 9.90 Å². The van der Waals surface area contributed by atoms with Gasteiger partial charge in [-0.05, 0) is 37.1 Å². The Morgan fingerprint density at radius 1 is 1.53 bits per heavy atom. The van der Waals surface area contributed by atoms with E-state index >= 15 is 0 Å². The van der Waals surface area contributed by atoms with Crippen LogP contribution < -0.4 is 4.74 Å². The number of likely N-dealkylation sites (tertiary alicyclic amines) is 1. The molecule has 1 atom stereocenters. The summed E-state index contributed by atoms with van der Waals surface area (Å²) in [6.45, 7) is 4.22. The third kappa shape index (κ3) is 2.89. The lowest BCUT2D eigenvalue weighted by Gasteiger charge is -2.23. The Bertz CT molecular complexity index is 460. The van der Waals surface area contributed by atoms with Crippen molar-refractivity contribution in [1.29, 1.82) is 0 Å². The molecule has 0 bridgehead atoms. The number of benzene rings is 1. The second-order valence-electron chi connectivity index (χ2n) is 5.25. The number of hydrogen-bond acceptors (Lipinski definition) is 3. The fraction of sp³-hybridized carbons (Fsp3) is 0.533. The predicted molar refractivity (Wildman–Crippen MR) is 73.2 cm³/mol. The van der Waals surface area contributed by atoms with Crippen LogP contribution in [0.2, 0.25) is 0 Å². The first-order valence-electron chi connectivity index (χ1n) is 6.68. The average molecular weight is 263 g/mol. The van der Waals surface area contributed by atoms with Crippen molar-refractivity contribution in [2.75, 3.05) is 20.2 Å². The van der Waals surface area contributed by atoms with Crippen LogP contribution in [0.5, 0.6) is 5.75 Å². The molecule has 4 nitrogen and oxygen atoms in total. The Morgan fingerprint density at radius 3 is 2.89 bits per heavy atom. The van der Waals surface area contributed by atoms with Crippen molar-refractivity contribution in [3.8, 4) is 5.75 Å². The standard InChI is InChI=1S/C15H21NO3/c1-3-15(14(17)18)7-8-16(11-15)10-12-5-4-6-13(9-12)19-2/h4-6,9H,3,7-8,10-11H2,1-2H3,(H,17,18). The van der Waals surface area contributed by atoms with Gasteiger partial charge in [0.2, 0.25) is 0 Å². The molecule has 19 heavy (non-hydrogen) atoms. The molecule has 1 saturated heterocycles. The molecular formula is C15H21NO3. The Kier molecular flexibility index (Phi) is 4.10. The van der Waals surface area contributed by atoms with E-state index in [2.05, 4.69) is 11.0 Å². The molecule has 1 aliphatic rings. The number of aliphatic carboxylic acids is 1. The Labute approximate surface area is 114 Å². The monoisotopic (exact) mass is 263 g/mol. The minimum absolute atomic E-state index is 0.557. The number of methoxy groups -OCH3 is 1. The lowest BCUT2D eigenvalue weighted by Crippen LogP contribution is -2.33. The van der Waals surface area contributed by atoms with Crippen molar-refractivity contribution in [2.24, 2.45) is 5.41 Å². The van der Waals surface area contributed by atoms with Crippen molar-refractivity contribution in [2.45, 2.75) is 26.3 Å². The van der Waals surface area contributed by atoms with Crippen LogP contribution in [0.25, 0.3) is 0 Å². The maximum atomic E-state index is 11.4. The number of carboxylic acid groups (broad SMARTS) is 1. The summed E-state index contributed by atoms with van der Waals surface area (Å²) >= 11 is 0. The first kappa shape index (κ1) is 13.9. The number of carbonyl (C=O) groups is 1. The van der Waals surface area contributed by atoms with Gasteiger partial charge in [-0.25, -0.2) is 0 Å². The SMILES string of the molecule is CCC1(C(=O)O)CCN(Cc2cccc(OC)c2)C1. The van der Waals surface area contributed by atoms with E-state index in [0.29, 0.717) is 13.0 Å². The summed E-state index contributed by atoms with van der Waals surface area (Å²) in [6, 6.07) is 7.94. The summed E-state index contributed by atoms with van der Waals surface area (Å²) in [7, 11) is 1.65. The third-order valence-corrected chi connectivity index (χ3v) is 4.10. The molecule has 1 unspecified atom stereocenters. The van der Waals surface area contributed by atoms with Gasteiger partial charge in [0.05, 0.1) is 12.5 Å². The highest BCUT2D eigenvalue weighted by atomic mass is 16.5. The highest BCUT2D eigenvalue weighted by Crippen LogP contribution is 2.35. The molecule has 0 aliphatic carbocycles. The van der Waals surface area contributed by atoms with Crippen molar-refractivity contribution >= 4 is 5.97 Å². The molecule has 1 aromatic rings. The molecule has 0 radical (unpaired) electrons. The van der Waals surface area contributed by atoms with Gasteiger partial charge in [0.25, 0.3) is 0 Å². The number of rotatable bonds is 5. The molecule has 0 saturated carbocycles. The van der Waals surface area contributed by atoms with Crippen molar-refractivity contribution in [3.05, 3.63) is 29.8 Å². The largest absolute Gasteiger partial charge is 0.497 e. The number of carboxylic acids is 1. The molecule has 1 aliphatic heterocycles. The van der Waals surface area contributed by atoms with Gasteiger partial charge in [-0.1, -0.05) is 19.1 Å². The molecule has 2 rings (SSSR count). The molecule has 0 amide bonds. The lowest BCUT2D eigenvalue weighted by atomic mass is 9.84. The van der Waals surface area contributed by atoms with Gasteiger partial charge >= 0.3 is 5.97 Å². The smallest absolute Gasteiger partial charge is 0.310 e. The Hall–Kier alpha value is -1.55. The van der Waals surface area contributed by atoms with Crippen molar-refractivity contribution < 1.29 is 14.6 Å². The van der Waals surface area contributed by atoms with Gasteiger partial charge in [0.15, 0.2) is 0 Å². The summed E-state index contributed by atoms with van der Waals surface area (Å²) in [5, 5.41) is 9.38. The third-order valence-electron chi connectivity index (χ3n) is 4.10. The van der Waals surface area contributed by atoms with E-state index in [1.54, 1.807) is 7.11 Å². The molecule has 1 aromatic carbocycles. The summed E-state index contributed by atoms with van der Waals surface area (Å²) < 4.78 is 5.21. The molecule has 104 valence electrons. The van der Waals surface area contributed by atoms with E-state index in [1.165, 1.54) is 0 Å². The molecule has 0 aromatic heterocycles. The molecule has 1 fully saturated rings. The maximum absolute atomic E-state index is 11.4. The minimum atomic E-state index is -0.664. The zero-order valence-corrected chi connectivity index (χ0v) is 11.6. The first-order valence-corrected chi connectivity index (χ1v) is 6.68. The van der Waals surface area contributed by atoms with E-state index in [-0.39, 0.29) is 0 Å². The Morgan fingerprint density at radius 2 is 2.32 bits per heavy atom. The zero-order chi connectivity index (χ0) is 13.9. The van der Waals surface area contributed by atoms with Crippen molar-refractivity contribution in [3.63, 3.8) is 0 Å². The van der Waals surface area contributed by atoms with Crippen LogP contribution in [0.4, 0.5) is 0 Å². The first-order chi connectivity index (χ1) is 9.09. The molecule has 4 heteroatoms. The summed E-state index contributed by atoms with van der Waals surface area (Å²) in [6.07, 6.45) is 1.43. The van der Waals surface area contributed by atoms with Crippen LogP contribution in [0.15, 0.2) is 24.3 Å². The van der Waals surface area contributed by atoms with Crippen LogP contribution in [0.3, 0.4) is 0 Å². The quantitative estimate of drug-likeness (QED) is 0.886. The second kappa shape index (κ2) is 5.61. The highest BCUT2D eigenvalue weighted by Gasteiger charge is 2.42. The van der Waals surface area contributed by atoms with Gasteiger partial charge < -0.3 is 9.84 Å². The molecule has 0 spiro atoms. The minimum Gasteiger partial charge on any atom is -0.497 e. The fourth-order valence-electron chi connectivity index (χ4n) is 2.74. The molecule has 1 N–H and O–H groups in total. The van der Waals surface area contributed by atoms with Gasteiger partial charge in [-0.2, -0.15) is 0 Å². The van der Waals surface area contributed by atoms with Gasteiger partial charge in [-0.3, -0.25) is 9.69 Å². The van der Waals surface area contributed by atoms with Crippen LogP contribution in [-0.4, -0.2) is 36.2 Å². The lowest BCUT2D eigenvalue weighted by molar-refractivity contribution is -0.148. The summed E-state index contributed by atoms with van der Waals surface area (Å²) in [4.78, 5) is 13.6. The van der Waals surface area contributed by atoms with E-state index in [1.807, 2.05) is 25.1 Å². The normalized spacial score (nSPS) is 23.5. The van der Waals surface area contributed by atoms with Crippen LogP contribution in [0, 0.1) is 5.41 Å². The fourth-order valence-corrected chi connectivity index (χ4v) is 2.74. The number of nitrogens with zero attached hydrogens (tertiary/aromatic N) is 1. The summed E-state index contributed by atoms with van der Waals surface area (Å²) in [5.41, 5.74) is 0.607. The topological polar surface area (TPSA) is 49.8 Å². The van der Waals surface area contributed by atoms with Crippen LogP contribution in [-0.2, 0) is 11.3 Å². The molecule has 1 heterocycles. The summed E-state index contributed by atoms with van der Waals surface area (Å²) in [5.74, 6) is 0.180. The average Bonchev–Trinajstić information content (AvgIpc) is 2.83. The highest BCUT2D eigenvalue weighted by molar-refractivity contribution is 5.75. The van der Waals surface area contributed by atoms with E-state index in [0.717, 1.165) is 30.8 Å².